The molecule has 1 aliphatic heterocycles. The number of hydrogen-bond acceptors (Lipinski definition) is 2. The van der Waals surface area contributed by atoms with E-state index in [4.69, 9.17) is 4.74 Å². The van der Waals surface area contributed by atoms with Crippen molar-refractivity contribution in [2.75, 3.05) is 18.5 Å². The van der Waals surface area contributed by atoms with Crippen LogP contribution in [0.25, 0.3) is 0 Å². The summed E-state index contributed by atoms with van der Waals surface area (Å²) >= 11 is 3.33. The van der Waals surface area contributed by atoms with E-state index in [1.165, 1.54) is 0 Å². The largest absolute Gasteiger partial charge is 0.492 e. The van der Waals surface area contributed by atoms with Crippen LogP contribution in [0, 0.1) is 0 Å². The van der Waals surface area contributed by atoms with Gasteiger partial charge in [-0.3, -0.25) is 4.79 Å². The van der Waals surface area contributed by atoms with E-state index in [2.05, 4.69) is 21.2 Å². The summed E-state index contributed by atoms with van der Waals surface area (Å²) in [7, 11) is 0. The number of alkyl halides is 1. The van der Waals surface area contributed by atoms with Gasteiger partial charge in [0.2, 0.25) is 5.91 Å². The molecule has 4 heteroatoms. The molecule has 1 atom stereocenters. The average molecular weight is 284 g/mol. The highest BCUT2D eigenvalue weighted by Crippen LogP contribution is 2.33. The van der Waals surface area contributed by atoms with Gasteiger partial charge in [0, 0.05) is 17.4 Å². The van der Waals surface area contributed by atoms with Crippen molar-refractivity contribution in [1.82, 2.24) is 5.32 Å². The topological polar surface area (TPSA) is 38.3 Å². The van der Waals surface area contributed by atoms with Crippen molar-refractivity contribution in [2.45, 2.75) is 12.3 Å². The van der Waals surface area contributed by atoms with Gasteiger partial charge in [0.1, 0.15) is 18.3 Å². The van der Waals surface area contributed by atoms with Crippen LogP contribution in [0.4, 0.5) is 0 Å². The second kappa shape index (κ2) is 5.34. The molecule has 1 N–H and O–H groups in total. The molecule has 1 aromatic carbocycles. The summed E-state index contributed by atoms with van der Waals surface area (Å²) in [4.78, 5) is 11.9. The molecule has 1 amide bonds. The number of carbonyl (C=O) groups is 1. The minimum Gasteiger partial charge on any atom is -0.492 e. The van der Waals surface area contributed by atoms with Gasteiger partial charge < -0.3 is 10.1 Å². The van der Waals surface area contributed by atoms with Gasteiger partial charge in [0.25, 0.3) is 0 Å². The monoisotopic (exact) mass is 283 g/mol. The second-order valence-electron chi connectivity index (χ2n) is 3.73. The van der Waals surface area contributed by atoms with E-state index in [1.54, 1.807) is 0 Å². The lowest BCUT2D eigenvalue weighted by Crippen LogP contribution is -2.31. The summed E-state index contributed by atoms with van der Waals surface area (Å²) < 4.78 is 5.47. The molecule has 16 heavy (non-hydrogen) atoms. The van der Waals surface area contributed by atoms with Crippen LogP contribution in [0.3, 0.4) is 0 Å². The lowest BCUT2D eigenvalue weighted by molar-refractivity contribution is -0.122. The molecular weight excluding hydrogens is 270 g/mol. The minimum atomic E-state index is -0.147. The van der Waals surface area contributed by atoms with Crippen LogP contribution >= 0.6 is 15.9 Å². The van der Waals surface area contributed by atoms with Crippen LogP contribution in [-0.4, -0.2) is 24.4 Å². The van der Waals surface area contributed by atoms with E-state index < -0.39 is 0 Å². The first-order valence-electron chi connectivity index (χ1n) is 5.38. The molecule has 1 heterocycles. The Balaban J connectivity index is 1.99. The summed E-state index contributed by atoms with van der Waals surface area (Å²) in [5.74, 6) is 0.751. The Kier molecular flexibility index (Phi) is 3.83. The fourth-order valence-electron chi connectivity index (χ4n) is 1.78. The molecule has 0 saturated heterocycles. The van der Waals surface area contributed by atoms with E-state index >= 15 is 0 Å². The SMILES string of the molecule is O=C(NCCCBr)C1COc2ccccc21. The zero-order valence-electron chi connectivity index (χ0n) is 8.91. The van der Waals surface area contributed by atoms with Crippen LogP contribution in [0.5, 0.6) is 5.75 Å². The van der Waals surface area contributed by atoms with Crippen molar-refractivity contribution in [1.29, 1.82) is 0 Å². The Morgan fingerprint density at radius 3 is 3.12 bits per heavy atom. The average Bonchev–Trinajstić information content (AvgIpc) is 2.73. The molecule has 2 rings (SSSR count). The normalized spacial score (nSPS) is 17.7. The van der Waals surface area contributed by atoms with Crippen molar-refractivity contribution in [3.8, 4) is 5.75 Å². The number of fused-ring (bicyclic) bond motifs is 1. The third-order valence-corrected chi connectivity index (χ3v) is 3.19. The van der Waals surface area contributed by atoms with Crippen LogP contribution in [-0.2, 0) is 4.79 Å². The second-order valence-corrected chi connectivity index (χ2v) is 4.53. The molecule has 0 spiro atoms. The molecule has 3 nitrogen and oxygen atoms in total. The zero-order valence-corrected chi connectivity index (χ0v) is 10.5. The van der Waals surface area contributed by atoms with Gasteiger partial charge in [-0.25, -0.2) is 0 Å². The molecule has 1 aliphatic rings. The summed E-state index contributed by atoms with van der Waals surface area (Å²) in [5.41, 5.74) is 0.999. The lowest BCUT2D eigenvalue weighted by atomic mass is 10.0. The molecule has 0 bridgehead atoms. The van der Waals surface area contributed by atoms with Crippen LogP contribution in [0.1, 0.15) is 17.9 Å². The summed E-state index contributed by atoms with van der Waals surface area (Å²) in [6, 6.07) is 7.72. The summed E-state index contributed by atoms with van der Waals surface area (Å²) in [6.07, 6.45) is 0.945. The van der Waals surface area contributed by atoms with E-state index in [-0.39, 0.29) is 11.8 Å². The van der Waals surface area contributed by atoms with Gasteiger partial charge in [0.15, 0.2) is 0 Å². The van der Waals surface area contributed by atoms with Crippen molar-refractivity contribution in [3.63, 3.8) is 0 Å². The maximum absolute atomic E-state index is 11.9. The van der Waals surface area contributed by atoms with Gasteiger partial charge >= 0.3 is 0 Å². The first kappa shape index (κ1) is 11.5. The lowest BCUT2D eigenvalue weighted by Gasteiger charge is -2.09. The number of halogens is 1. The quantitative estimate of drug-likeness (QED) is 0.679. The first-order chi connectivity index (χ1) is 7.83. The molecule has 0 aliphatic carbocycles. The number of nitrogens with one attached hydrogen (secondary N) is 1. The fourth-order valence-corrected chi connectivity index (χ4v) is 2.06. The van der Waals surface area contributed by atoms with Crippen molar-refractivity contribution in [2.24, 2.45) is 0 Å². The van der Waals surface area contributed by atoms with E-state index in [9.17, 15) is 4.79 Å². The zero-order chi connectivity index (χ0) is 11.4. The third-order valence-electron chi connectivity index (χ3n) is 2.63. The molecule has 1 unspecified atom stereocenters. The number of ether oxygens (including phenoxy) is 1. The molecular formula is C12H14BrNO2. The highest BCUT2D eigenvalue weighted by molar-refractivity contribution is 9.09. The van der Waals surface area contributed by atoms with Gasteiger partial charge in [-0.1, -0.05) is 34.1 Å². The van der Waals surface area contributed by atoms with E-state index in [0.29, 0.717) is 13.2 Å². The van der Waals surface area contributed by atoms with Crippen molar-refractivity contribution in [3.05, 3.63) is 29.8 Å². The highest BCUT2D eigenvalue weighted by Gasteiger charge is 2.29. The third kappa shape index (κ3) is 2.38. The van der Waals surface area contributed by atoms with Crippen molar-refractivity contribution >= 4 is 21.8 Å². The molecule has 86 valence electrons. The molecule has 0 fully saturated rings. The summed E-state index contributed by atoms with van der Waals surface area (Å²) in [6.45, 7) is 1.17. The Hall–Kier alpha value is -1.03. The summed E-state index contributed by atoms with van der Waals surface area (Å²) in [5, 5.41) is 3.83. The number of benzene rings is 1. The molecule has 0 aromatic heterocycles. The Bertz CT molecular complexity index is 381. The maximum atomic E-state index is 11.9. The Labute approximate surface area is 103 Å². The van der Waals surface area contributed by atoms with Gasteiger partial charge in [-0.15, -0.1) is 0 Å². The van der Waals surface area contributed by atoms with Crippen LogP contribution < -0.4 is 10.1 Å². The maximum Gasteiger partial charge on any atom is 0.231 e. The number of carbonyl (C=O) groups excluding carboxylic acids is 1. The van der Waals surface area contributed by atoms with Gasteiger partial charge in [0.05, 0.1) is 0 Å². The predicted octanol–water partition coefficient (Wildman–Crippen LogP) is 2.06. The first-order valence-corrected chi connectivity index (χ1v) is 6.50. The van der Waals surface area contributed by atoms with Gasteiger partial charge in [-0.05, 0) is 12.5 Å². The number of hydrogen-bond donors (Lipinski definition) is 1. The van der Waals surface area contributed by atoms with Crippen molar-refractivity contribution < 1.29 is 9.53 Å². The highest BCUT2D eigenvalue weighted by atomic mass is 79.9. The standard InChI is InChI=1S/C12H14BrNO2/c13-6-3-7-14-12(15)10-8-16-11-5-2-1-4-9(10)11/h1-2,4-5,10H,3,6-8H2,(H,14,15). The van der Waals surface area contributed by atoms with Gasteiger partial charge in [-0.2, -0.15) is 0 Å². The Morgan fingerprint density at radius 1 is 1.50 bits per heavy atom. The Morgan fingerprint density at radius 2 is 2.31 bits per heavy atom. The number of para-hydroxylation sites is 1. The smallest absolute Gasteiger partial charge is 0.231 e. The molecule has 1 aromatic rings. The molecule has 0 radical (unpaired) electrons. The van der Waals surface area contributed by atoms with E-state index in [1.807, 2.05) is 24.3 Å². The number of amides is 1. The fraction of sp³-hybridized carbons (Fsp3) is 0.417. The molecule has 0 saturated carbocycles. The minimum absolute atomic E-state index is 0.0610. The van der Waals surface area contributed by atoms with Crippen LogP contribution in [0.15, 0.2) is 24.3 Å². The predicted molar refractivity (Wildman–Crippen MR) is 66.1 cm³/mol. The van der Waals surface area contributed by atoms with E-state index in [0.717, 1.165) is 23.1 Å². The van der Waals surface area contributed by atoms with Crippen LogP contribution in [0.2, 0.25) is 0 Å². The number of rotatable bonds is 4.